The number of halogens is 1. The molecule has 0 amide bonds. The molecule has 0 aliphatic carbocycles. The SMILES string of the molecule is COc1cc(-c2cc(NCc3ccc(Cl)s3)n(C(=O)c3ccsc3)n2)n(CC(=O)c2ccnnc2)c(=O)c1. The smallest absolute Gasteiger partial charge is 0.280 e. The fraction of sp³-hybridized carbons (Fsp3) is 0.120. The summed E-state index contributed by atoms with van der Waals surface area (Å²) in [5, 5.41) is 18.7. The van der Waals surface area contributed by atoms with E-state index in [0.29, 0.717) is 45.0 Å². The molecule has 38 heavy (non-hydrogen) atoms. The van der Waals surface area contributed by atoms with Crippen LogP contribution in [-0.2, 0) is 13.1 Å². The van der Waals surface area contributed by atoms with Crippen LogP contribution in [0, 0.1) is 0 Å². The number of rotatable bonds is 9. The molecule has 0 fully saturated rings. The minimum atomic E-state index is -0.462. The molecule has 0 aromatic carbocycles. The number of nitrogens with zero attached hydrogens (tertiary/aromatic N) is 5. The van der Waals surface area contributed by atoms with E-state index in [1.165, 1.54) is 63.6 Å². The maximum Gasteiger partial charge on any atom is 0.280 e. The molecule has 1 N–H and O–H groups in total. The van der Waals surface area contributed by atoms with E-state index in [4.69, 9.17) is 16.3 Å². The van der Waals surface area contributed by atoms with Gasteiger partial charge in [-0.3, -0.25) is 19.0 Å². The first-order valence-corrected chi connectivity index (χ1v) is 13.3. The highest BCUT2D eigenvalue weighted by atomic mass is 35.5. The van der Waals surface area contributed by atoms with Crippen molar-refractivity contribution in [1.29, 1.82) is 0 Å². The number of ether oxygens (including phenoxy) is 1. The summed E-state index contributed by atoms with van der Waals surface area (Å²) in [7, 11) is 1.44. The number of ketones is 1. The van der Waals surface area contributed by atoms with Gasteiger partial charge < -0.3 is 10.1 Å². The molecule has 10 nitrogen and oxygen atoms in total. The standard InChI is InChI=1S/C25H19ClN6O4S2/c1-36-17-8-20(31(24(34)9-17)13-21(33)15-4-6-28-29-11-15)19-10-23(27-12-18-2-3-22(26)38-18)32(30-19)25(35)16-5-7-37-14-16/h2-11,14,27H,12-13H2,1H3. The third kappa shape index (κ3) is 5.42. The van der Waals surface area contributed by atoms with E-state index in [1.54, 1.807) is 35.0 Å². The van der Waals surface area contributed by atoms with Crippen molar-refractivity contribution in [2.75, 3.05) is 12.4 Å². The molecule has 0 saturated heterocycles. The lowest BCUT2D eigenvalue weighted by molar-refractivity contribution is 0.0945. The normalized spacial score (nSPS) is 10.9. The Hall–Kier alpha value is -4.13. The lowest BCUT2D eigenvalue weighted by Gasteiger charge is -2.12. The first kappa shape index (κ1) is 25.5. The Labute approximate surface area is 229 Å². The third-order valence-corrected chi connectivity index (χ3v) is 7.46. The monoisotopic (exact) mass is 566 g/mol. The highest BCUT2D eigenvalue weighted by molar-refractivity contribution is 7.16. The van der Waals surface area contributed by atoms with Crippen molar-refractivity contribution in [1.82, 2.24) is 24.5 Å². The second kappa shape index (κ2) is 11.1. The molecule has 192 valence electrons. The number of methoxy groups -OCH3 is 1. The van der Waals surface area contributed by atoms with E-state index in [9.17, 15) is 14.4 Å². The second-order valence-electron chi connectivity index (χ2n) is 7.96. The highest BCUT2D eigenvalue weighted by Crippen LogP contribution is 2.27. The molecule has 0 aliphatic heterocycles. The number of carbonyl (C=O) groups is 2. The van der Waals surface area contributed by atoms with Gasteiger partial charge in [-0.2, -0.15) is 31.3 Å². The predicted molar refractivity (Wildman–Crippen MR) is 146 cm³/mol. The summed E-state index contributed by atoms with van der Waals surface area (Å²) in [4.78, 5) is 40.3. The van der Waals surface area contributed by atoms with Crippen LogP contribution in [0.3, 0.4) is 0 Å². The minimum Gasteiger partial charge on any atom is -0.496 e. The van der Waals surface area contributed by atoms with E-state index in [1.807, 2.05) is 6.07 Å². The molecule has 0 radical (unpaired) electrons. The van der Waals surface area contributed by atoms with E-state index in [0.717, 1.165) is 4.88 Å². The van der Waals surface area contributed by atoms with Crippen molar-refractivity contribution in [2.24, 2.45) is 0 Å². The van der Waals surface area contributed by atoms with Crippen molar-refractivity contribution in [3.8, 4) is 17.1 Å². The van der Waals surface area contributed by atoms with Crippen LogP contribution < -0.4 is 15.6 Å². The molecule has 5 aromatic heterocycles. The van der Waals surface area contributed by atoms with Gasteiger partial charge in [-0.05, 0) is 29.6 Å². The summed E-state index contributed by atoms with van der Waals surface area (Å²) in [5.74, 6) is 0.0167. The van der Waals surface area contributed by atoms with Crippen LogP contribution in [0.2, 0.25) is 4.34 Å². The summed E-state index contributed by atoms with van der Waals surface area (Å²) < 4.78 is 8.50. The maximum absolute atomic E-state index is 13.3. The summed E-state index contributed by atoms with van der Waals surface area (Å²) in [6.45, 7) is 0.129. The van der Waals surface area contributed by atoms with Crippen LogP contribution in [-0.4, -0.2) is 43.3 Å². The molecule has 5 rings (SSSR count). The van der Waals surface area contributed by atoms with E-state index < -0.39 is 5.56 Å². The van der Waals surface area contributed by atoms with Crippen LogP contribution in [0.4, 0.5) is 5.82 Å². The van der Waals surface area contributed by atoms with Crippen molar-refractivity contribution in [3.63, 3.8) is 0 Å². The largest absolute Gasteiger partial charge is 0.496 e. The number of Topliss-reactive ketones (excluding diaryl/α,β-unsaturated/α-hetero) is 1. The van der Waals surface area contributed by atoms with Crippen LogP contribution in [0.1, 0.15) is 25.6 Å². The van der Waals surface area contributed by atoms with E-state index in [2.05, 4.69) is 20.6 Å². The zero-order chi connectivity index (χ0) is 26.6. The topological polar surface area (TPSA) is 121 Å². The molecule has 0 bridgehead atoms. The van der Waals surface area contributed by atoms with Gasteiger partial charge in [0.05, 0.1) is 48.2 Å². The summed E-state index contributed by atoms with van der Waals surface area (Å²) in [6.07, 6.45) is 2.74. The Morgan fingerprint density at radius 2 is 1.97 bits per heavy atom. The lowest BCUT2D eigenvalue weighted by Crippen LogP contribution is -2.25. The lowest BCUT2D eigenvalue weighted by atomic mass is 10.2. The van der Waals surface area contributed by atoms with Crippen LogP contribution >= 0.6 is 34.3 Å². The number of carbonyl (C=O) groups excluding carboxylic acids is 2. The van der Waals surface area contributed by atoms with Gasteiger partial charge in [0, 0.05) is 34.0 Å². The average Bonchev–Trinajstić information content (AvgIpc) is 3.70. The average molecular weight is 567 g/mol. The van der Waals surface area contributed by atoms with E-state index in [-0.39, 0.29) is 18.2 Å². The Kier molecular flexibility index (Phi) is 7.45. The maximum atomic E-state index is 13.3. The molecule has 0 unspecified atom stereocenters. The zero-order valence-corrected chi connectivity index (χ0v) is 22.2. The molecule has 5 aromatic rings. The Morgan fingerprint density at radius 3 is 2.66 bits per heavy atom. The molecule has 5 heterocycles. The quantitative estimate of drug-likeness (QED) is 0.259. The van der Waals surface area contributed by atoms with E-state index >= 15 is 0 Å². The van der Waals surface area contributed by atoms with Crippen molar-refractivity contribution in [2.45, 2.75) is 13.1 Å². The Balaban J connectivity index is 1.58. The number of nitrogens with one attached hydrogen (secondary N) is 1. The highest BCUT2D eigenvalue weighted by Gasteiger charge is 2.21. The minimum absolute atomic E-state index is 0.272. The van der Waals surface area contributed by atoms with Gasteiger partial charge in [-0.1, -0.05) is 11.6 Å². The van der Waals surface area contributed by atoms with Gasteiger partial charge >= 0.3 is 0 Å². The van der Waals surface area contributed by atoms with Gasteiger partial charge in [0.1, 0.15) is 17.3 Å². The number of anilines is 1. The number of hydrogen-bond donors (Lipinski definition) is 1. The van der Waals surface area contributed by atoms with Crippen LogP contribution in [0.25, 0.3) is 11.4 Å². The summed E-state index contributed by atoms with van der Waals surface area (Å²) >= 11 is 8.87. The first-order chi connectivity index (χ1) is 18.4. The van der Waals surface area contributed by atoms with Crippen molar-refractivity contribution < 1.29 is 14.3 Å². The fourth-order valence-corrected chi connectivity index (χ4v) is 5.33. The van der Waals surface area contributed by atoms with Gasteiger partial charge in [0.15, 0.2) is 5.78 Å². The van der Waals surface area contributed by atoms with Gasteiger partial charge in [0.25, 0.3) is 11.5 Å². The molecule has 0 spiro atoms. The predicted octanol–water partition coefficient (Wildman–Crippen LogP) is 4.47. The number of aromatic nitrogens is 5. The first-order valence-electron chi connectivity index (χ1n) is 11.2. The van der Waals surface area contributed by atoms with Crippen LogP contribution in [0.15, 0.2) is 70.4 Å². The fourth-order valence-electron chi connectivity index (χ4n) is 3.68. The van der Waals surface area contributed by atoms with Crippen LogP contribution in [0.5, 0.6) is 5.75 Å². The molecule has 0 aliphatic rings. The van der Waals surface area contributed by atoms with Crippen molar-refractivity contribution in [3.05, 3.63) is 96.3 Å². The van der Waals surface area contributed by atoms with Gasteiger partial charge in [-0.15, -0.1) is 11.3 Å². The molecule has 0 saturated carbocycles. The second-order valence-corrected chi connectivity index (χ2v) is 10.5. The number of pyridine rings is 1. The molecule has 13 heteroatoms. The van der Waals surface area contributed by atoms with Gasteiger partial charge in [-0.25, -0.2) is 0 Å². The van der Waals surface area contributed by atoms with Gasteiger partial charge in [0.2, 0.25) is 0 Å². The zero-order valence-electron chi connectivity index (χ0n) is 19.8. The number of thiophene rings is 2. The Morgan fingerprint density at radius 1 is 1.11 bits per heavy atom. The molecular weight excluding hydrogens is 548 g/mol. The molecular formula is C25H19ClN6O4S2. The number of hydrogen-bond acceptors (Lipinski definition) is 10. The molecule has 0 atom stereocenters. The summed E-state index contributed by atoms with van der Waals surface area (Å²) in [5.41, 5.74) is 0.927. The van der Waals surface area contributed by atoms with Crippen molar-refractivity contribution >= 4 is 51.8 Å². The Bertz CT molecular complexity index is 1660. The third-order valence-electron chi connectivity index (χ3n) is 5.55. The summed E-state index contributed by atoms with van der Waals surface area (Å²) in [6, 6.07) is 11.5.